The van der Waals surface area contributed by atoms with E-state index in [1.54, 1.807) is 0 Å². The molecule has 1 aliphatic carbocycles. The summed E-state index contributed by atoms with van der Waals surface area (Å²) in [6.45, 7) is 1.35. The monoisotopic (exact) mass is 274 g/mol. The van der Waals surface area contributed by atoms with Crippen molar-refractivity contribution >= 4 is 5.78 Å². The molecule has 1 saturated heterocycles. The molecule has 0 unspecified atom stereocenters. The maximum Gasteiger partial charge on any atom is 0.170 e. The molecule has 2 heterocycles. The molecule has 0 radical (unpaired) electrons. The Morgan fingerprint density at radius 1 is 0.950 bits per heavy atom. The first-order chi connectivity index (χ1) is 9.71. The number of para-hydroxylation sites is 1. The molecule has 2 spiro atoms. The van der Waals surface area contributed by atoms with Crippen LogP contribution in [0, 0.1) is 0 Å². The Labute approximate surface area is 118 Å². The number of rotatable bonds is 0. The van der Waals surface area contributed by atoms with Gasteiger partial charge in [0.1, 0.15) is 11.4 Å². The van der Waals surface area contributed by atoms with E-state index in [0.717, 1.165) is 31.4 Å². The molecule has 4 rings (SSSR count). The van der Waals surface area contributed by atoms with Crippen LogP contribution in [0.25, 0.3) is 0 Å². The first kappa shape index (κ1) is 12.4. The quantitative estimate of drug-likeness (QED) is 0.729. The van der Waals surface area contributed by atoms with Gasteiger partial charge < -0.3 is 14.2 Å². The average Bonchev–Trinajstić information content (AvgIpc) is 2.92. The fourth-order valence-electron chi connectivity index (χ4n) is 3.59. The molecule has 1 aromatic rings. The van der Waals surface area contributed by atoms with E-state index >= 15 is 0 Å². The number of fused-ring (bicyclic) bond motifs is 1. The Balaban J connectivity index is 1.57. The molecule has 0 atom stereocenters. The van der Waals surface area contributed by atoms with Crippen LogP contribution in [0.5, 0.6) is 5.75 Å². The molecule has 106 valence electrons. The van der Waals surface area contributed by atoms with E-state index in [-0.39, 0.29) is 11.4 Å². The summed E-state index contributed by atoms with van der Waals surface area (Å²) in [5.41, 5.74) is 0.359. The van der Waals surface area contributed by atoms with Crippen molar-refractivity contribution in [3.63, 3.8) is 0 Å². The lowest BCUT2D eigenvalue weighted by Gasteiger charge is -2.45. The van der Waals surface area contributed by atoms with Gasteiger partial charge >= 0.3 is 0 Å². The van der Waals surface area contributed by atoms with Crippen LogP contribution in [0.3, 0.4) is 0 Å². The maximum absolute atomic E-state index is 12.3. The van der Waals surface area contributed by atoms with Crippen molar-refractivity contribution in [2.45, 2.75) is 43.5 Å². The standard InChI is InChI=1S/C16H18O4/c17-13-11-15(20-14-4-2-1-3-12(13)14)5-7-16(8-6-15)18-9-10-19-16/h1-4H,5-11H2. The Hall–Kier alpha value is -1.39. The van der Waals surface area contributed by atoms with Crippen LogP contribution in [0.1, 0.15) is 42.5 Å². The molecule has 1 saturated carbocycles. The van der Waals surface area contributed by atoms with E-state index in [1.807, 2.05) is 24.3 Å². The van der Waals surface area contributed by atoms with Crippen molar-refractivity contribution in [3.8, 4) is 5.75 Å². The predicted molar refractivity (Wildman–Crippen MR) is 71.9 cm³/mol. The third-order valence-electron chi connectivity index (χ3n) is 4.73. The second kappa shape index (κ2) is 4.30. The summed E-state index contributed by atoms with van der Waals surface area (Å²) in [5.74, 6) is 0.512. The zero-order chi connectivity index (χ0) is 13.6. The van der Waals surface area contributed by atoms with Gasteiger partial charge in [0.15, 0.2) is 11.6 Å². The highest BCUT2D eigenvalue weighted by atomic mass is 16.7. The van der Waals surface area contributed by atoms with Crippen LogP contribution in [-0.2, 0) is 9.47 Å². The van der Waals surface area contributed by atoms with Gasteiger partial charge in [0.25, 0.3) is 0 Å². The summed E-state index contributed by atoms with van der Waals surface area (Å²) < 4.78 is 17.7. The number of hydrogen-bond acceptors (Lipinski definition) is 4. The van der Waals surface area contributed by atoms with Gasteiger partial charge in [-0.1, -0.05) is 12.1 Å². The van der Waals surface area contributed by atoms with Crippen LogP contribution in [0.15, 0.2) is 24.3 Å². The Morgan fingerprint density at radius 3 is 2.40 bits per heavy atom. The average molecular weight is 274 g/mol. The third-order valence-corrected chi connectivity index (χ3v) is 4.73. The highest BCUT2D eigenvalue weighted by Gasteiger charge is 2.50. The minimum Gasteiger partial charge on any atom is -0.486 e. The van der Waals surface area contributed by atoms with Gasteiger partial charge in [-0.15, -0.1) is 0 Å². The van der Waals surface area contributed by atoms with Crippen molar-refractivity contribution in [3.05, 3.63) is 29.8 Å². The molecule has 2 fully saturated rings. The van der Waals surface area contributed by atoms with Crippen LogP contribution in [0.2, 0.25) is 0 Å². The van der Waals surface area contributed by atoms with Gasteiger partial charge in [0.2, 0.25) is 0 Å². The van der Waals surface area contributed by atoms with E-state index in [4.69, 9.17) is 14.2 Å². The van der Waals surface area contributed by atoms with E-state index in [1.165, 1.54) is 0 Å². The molecule has 4 nitrogen and oxygen atoms in total. The SMILES string of the molecule is O=C1CC2(CCC3(CC2)OCCO3)Oc2ccccc21. The van der Waals surface area contributed by atoms with Gasteiger partial charge in [0, 0.05) is 12.8 Å². The third kappa shape index (κ3) is 1.86. The van der Waals surface area contributed by atoms with Gasteiger partial charge in [0.05, 0.1) is 25.2 Å². The van der Waals surface area contributed by atoms with Crippen LogP contribution in [0.4, 0.5) is 0 Å². The number of ketones is 1. The largest absolute Gasteiger partial charge is 0.486 e. The Kier molecular flexibility index (Phi) is 2.66. The molecular formula is C16H18O4. The Bertz CT molecular complexity index is 535. The Morgan fingerprint density at radius 2 is 1.65 bits per heavy atom. The number of benzene rings is 1. The summed E-state index contributed by atoms with van der Waals surface area (Å²) >= 11 is 0. The number of Topliss-reactive ketones (excluding diaryl/α,β-unsaturated/α-hetero) is 1. The van der Waals surface area contributed by atoms with Gasteiger partial charge in [-0.05, 0) is 25.0 Å². The minimum atomic E-state index is -0.408. The molecule has 0 N–H and O–H groups in total. The lowest BCUT2D eigenvalue weighted by atomic mass is 9.76. The van der Waals surface area contributed by atoms with Crippen molar-refractivity contribution in [1.82, 2.24) is 0 Å². The van der Waals surface area contributed by atoms with Crippen LogP contribution < -0.4 is 4.74 Å². The molecule has 2 aliphatic heterocycles. The highest BCUT2D eigenvalue weighted by Crippen LogP contribution is 2.46. The normalized spacial score (nSPS) is 26.5. The van der Waals surface area contributed by atoms with Crippen LogP contribution in [-0.4, -0.2) is 30.4 Å². The molecule has 0 aromatic heterocycles. The summed E-state index contributed by atoms with van der Waals surface area (Å²) in [7, 11) is 0. The van der Waals surface area contributed by atoms with Crippen LogP contribution >= 0.6 is 0 Å². The smallest absolute Gasteiger partial charge is 0.170 e. The fraction of sp³-hybridized carbons (Fsp3) is 0.562. The van der Waals surface area contributed by atoms with Crippen molar-refractivity contribution in [1.29, 1.82) is 0 Å². The van der Waals surface area contributed by atoms with E-state index in [9.17, 15) is 4.79 Å². The summed E-state index contributed by atoms with van der Waals surface area (Å²) in [4.78, 5) is 12.3. The summed E-state index contributed by atoms with van der Waals surface area (Å²) in [6.07, 6.45) is 3.71. The zero-order valence-electron chi connectivity index (χ0n) is 11.4. The minimum absolute atomic E-state index is 0.191. The van der Waals surface area contributed by atoms with Gasteiger partial charge in [-0.2, -0.15) is 0 Å². The van der Waals surface area contributed by atoms with E-state index in [0.29, 0.717) is 25.2 Å². The van der Waals surface area contributed by atoms with Crippen molar-refractivity contribution < 1.29 is 19.0 Å². The van der Waals surface area contributed by atoms with E-state index in [2.05, 4.69) is 0 Å². The molecule has 20 heavy (non-hydrogen) atoms. The first-order valence-electron chi connectivity index (χ1n) is 7.30. The van der Waals surface area contributed by atoms with Gasteiger partial charge in [-0.25, -0.2) is 0 Å². The number of carbonyl (C=O) groups excluding carboxylic acids is 1. The molecule has 4 heteroatoms. The molecule has 0 amide bonds. The maximum atomic E-state index is 12.3. The highest BCUT2D eigenvalue weighted by molar-refractivity contribution is 6.00. The zero-order valence-corrected chi connectivity index (χ0v) is 11.4. The van der Waals surface area contributed by atoms with E-state index < -0.39 is 5.79 Å². The second-order valence-electron chi connectivity index (χ2n) is 5.99. The first-order valence-corrected chi connectivity index (χ1v) is 7.30. The summed E-state index contributed by atoms with van der Waals surface area (Å²) in [5, 5.41) is 0. The molecular weight excluding hydrogens is 256 g/mol. The molecule has 3 aliphatic rings. The number of hydrogen-bond donors (Lipinski definition) is 0. The lowest BCUT2D eigenvalue weighted by Crippen LogP contribution is -2.49. The van der Waals surface area contributed by atoms with Gasteiger partial charge in [-0.3, -0.25) is 4.79 Å². The molecule has 1 aromatic carbocycles. The lowest BCUT2D eigenvalue weighted by molar-refractivity contribution is -0.199. The summed E-state index contributed by atoms with van der Waals surface area (Å²) in [6, 6.07) is 7.53. The topological polar surface area (TPSA) is 44.8 Å². The van der Waals surface area contributed by atoms with Crippen molar-refractivity contribution in [2.24, 2.45) is 0 Å². The predicted octanol–water partition coefficient (Wildman–Crippen LogP) is 2.71. The van der Waals surface area contributed by atoms with Crippen molar-refractivity contribution in [2.75, 3.05) is 13.2 Å². The fourth-order valence-corrected chi connectivity index (χ4v) is 3.59. The number of carbonyl (C=O) groups is 1. The number of ether oxygens (including phenoxy) is 3. The molecule has 0 bridgehead atoms. The second-order valence-corrected chi connectivity index (χ2v) is 5.99.